The molecule has 1 unspecified atom stereocenters. The summed E-state index contributed by atoms with van der Waals surface area (Å²) >= 11 is 0. The highest BCUT2D eigenvalue weighted by atomic mass is 19.2. The Morgan fingerprint density at radius 1 is 0.646 bits per heavy atom. The summed E-state index contributed by atoms with van der Waals surface area (Å²) in [5.74, 6) is -22.6. The quantitative estimate of drug-likeness (QED) is 0.0889. The summed E-state index contributed by atoms with van der Waals surface area (Å²) in [7, 11) is 0. The van der Waals surface area contributed by atoms with E-state index in [1.807, 2.05) is 6.07 Å². The molecule has 7 rings (SSSR count). The normalized spacial score (nSPS) is 12.0. The van der Waals surface area contributed by atoms with Gasteiger partial charge in [0.1, 0.15) is 5.82 Å². The Labute approximate surface area is 257 Å². The van der Waals surface area contributed by atoms with Crippen molar-refractivity contribution in [1.82, 2.24) is 34.9 Å². The Morgan fingerprint density at radius 2 is 1.12 bits per heavy atom. The molecule has 20 heteroatoms. The third-order valence-electron chi connectivity index (χ3n) is 6.76. The first kappa shape index (κ1) is 29.7. The minimum absolute atomic E-state index is 0.0439. The molecule has 0 aliphatic rings. The van der Waals surface area contributed by atoms with Gasteiger partial charge in [-0.1, -0.05) is 0 Å². The van der Waals surface area contributed by atoms with Crippen LogP contribution >= 0.6 is 0 Å². The van der Waals surface area contributed by atoms with E-state index in [0.717, 1.165) is 0 Å². The zero-order chi connectivity index (χ0) is 34.2. The summed E-state index contributed by atoms with van der Waals surface area (Å²) in [5.41, 5.74) is -4.46. The Kier molecular flexibility index (Phi) is 6.51. The van der Waals surface area contributed by atoms with E-state index in [2.05, 4.69) is 44.6 Å². The molecule has 0 amide bonds. The predicted molar refractivity (Wildman–Crippen MR) is 142 cm³/mol. The lowest BCUT2D eigenvalue weighted by atomic mass is 10.1. The number of rotatable bonds is 4. The zero-order valence-electron chi connectivity index (χ0n) is 22.6. The summed E-state index contributed by atoms with van der Waals surface area (Å²) in [6.45, 7) is 14.6. The van der Waals surface area contributed by atoms with Crippen LogP contribution in [0.5, 0.6) is 0 Å². The third-order valence-corrected chi connectivity index (χ3v) is 6.76. The monoisotopic (exact) mass is 664 g/mol. The van der Waals surface area contributed by atoms with Gasteiger partial charge in [0, 0.05) is 0 Å². The maximum atomic E-state index is 14.5. The highest BCUT2D eigenvalue weighted by molar-refractivity contribution is 5.88. The van der Waals surface area contributed by atoms with E-state index < -0.39 is 104 Å². The zero-order valence-corrected chi connectivity index (χ0v) is 22.6. The number of nitrogens with one attached hydrogen (secondary N) is 1. The van der Waals surface area contributed by atoms with E-state index in [1.165, 1.54) is 12.1 Å². The van der Waals surface area contributed by atoms with Crippen LogP contribution < -0.4 is 0 Å². The van der Waals surface area contributed by atoms with Gasteiger partial charge in [-0.3, -0.25) is 9.69 Å². The van der Waals surface area contributed by atoms with E-state index in [1.54, 1.807) is 0 Å². The number of aromatic amines is 1. The smallest absolute Gasteiger partial charge is 0.266 e. The average Bonchev–Trinajstić information content (AvgIpc) is 3.85. The summed E-state index contributed by atoms with van der Waals surface area (Å²) in [6, 6.07) is 4.36. The van der Waals surface area contributed by atoms with Gasteiger partial charge in [0.15, 0.2) is 68.6 Å². The molecule has 1 N–H and O–H groups in total. The lowest BCUT2D eigenvalue weighted by molar-refractivity contribution is 0.410. The summed E-state index contributed by atoms with van der Waals surface area (Å²) in [6.07, 6.45) is 0. The first-order valence-electron chi connectivity index (χ1n) is 12.7. The van der Waals surface area contributed by atoms with Gasteiger partial charge in [-0.25, -0.2) is 51.3 Å². The number of hydrogen-bond donors (Lipinski definition) is 1. The van der Waals surface area contributed by atoms with Crippen LogP contribution in [0.4, 0.5) is 46.5 Å². The molecule has 234 valence electrons. The van der Waals surface area contributed by atoms with Crippen molar-refractivity contribution in [2.24, 2.45) is 0 Å². The number of benzene rings is 3. The molecule has 0 fully saturated rings. The molecule has 0 aliphatic carbocycles. The van der Waals surface area contributed by atoms with Gasteiger partial charge in [0.25, 0.3) is 11.8 Å². The Morgan fingerprint density at radius 3 is 1.60 bits per heavy atom. The van der Waals surface area contributed by atoms with Gasteiger partial charge in [0.2, 0.25) is 34.9 Å². The fourth-order valence-corrected chi connectivity index (χ4v) is 4.54. The van der Waals surface area contributed by atoms with Gasteiger partial charge in [-0.15, -0.1) is 0 Å². The van der Waals surface area contributed by atoms with E-state index >= 15 is 0 Å². The second-order valence-electron chi connectivity index (χ2n) is 9.51. The summed E-state index contributed by atoms with van der Waals surface area (Å²) in [5, 5.41) is 10.1. The molecule has 0 saturated carbocycles. The molecule has 0 spiro atoms. The number of halogens is 8. The van der Waals surface area contributed by atoms with E-state index in [0.29, 0.717) is 0 Å². The molecule has 4 aromatic heterocycles. The van der Waals surface area contributed by atoms with Crippen LogP contribution in [0.2, 0.25) is 0 Å². The van der Waals surface area contributed by atoms with Crippen molar-refractivity contribution in [3.8, 4) is 29.5 Å². The van der Waals surface area contributed by atoms with Crippen molar-refractivity contribution in [2.75, 3.05) is 0 Å². The SMILES string of the molecule is [C-]#[N+]c1cc2nc(C(C#N)c3nc(-c4nc5c(F)c(F)c(F)c(F)c5o4)nc(-c4nc5c(F)c(F)c(F)c(F)c5o4)n3)[nH]c2cc1[N+]#[C-]. The molecule has 4 heterocycles. The first-order valence-corrected chi connectivity index (χ1v) is 12.7. The van der Waals surface area contributed by atoms with Crippen molar-refractivity contribution >= 4 is 44.6 Å². The molecule has 3 aromatic carbocycles. The number of hydrogen-bond acceptors (Lipinski definition) is 9. The van der Waals surface area contributed by atoms with Crippen LogP contribution in [0, 0.1) is 71.0 Å². The standard InChI is InChI=1S/C28H4F8N10O2/c1-38-7-3-9-10(4-8(7)39-2)41-23(40-9)6(5-37)24-44-25(27-42-19-15(33)11(29)13(31)17(35)21(19)47-27)46-26(45-24)28-43-20-16(34)12(30)14(32)18(36)22(20)48-28/h3-4,6H,(H,40,41). The Balaban J connectivity index is 1.47. The maximum Gasteiger partial charge on any atom is 0.266 e. The second-order valence-corrected chi connectivity index (χ2v) is 9.51. The molecular formula is C28H4F8N10O2. The van der Waals surface area contributed by atoms with Crippen molar-refractivity contribution in [3.63, 3.8) is 0 Å². The molecule has 1 atom stereocenters. The van der Waals surface area contributed by atoms with E-state index in [9.17, 15) is 40.4 Å². The van der Waals surface area contributed by atoms with Crippen molar-refractivity contribution in [1.29, 1.82) is 5.26 Å². The molecule has 0 saturated heterocycles. The lowest BCUT2D eigenvalue weighted by Gasteiger charge is -2.07. The Bertz CT molecular complexity index is 2430. The molecule has 12 nitrogen and oxygen atoms in total. The predicted octanol–water partition coefficient (Wildman–Crippen LogP) is 7.23. The third kappa shape index (κ3) is 4.26. The number of imidazole rings is 1. The average molecular weight is 664 g/mol. The number of oxazole rings is 2. The topological polar surface area (TPSA) is 152 Å². The largest absolute Gasteiger partial charge is 0.430 e. The van der Waals surface area contributed by atoms with Crippen LogP contribution in [0.3, 0.4) is 0 Å². The molecule has 48 heavy (non-hydrogen) atoms. The van der Waals surface area contributed by atoms with Crippen molar-refractivity contribution in [3.05, 3.63) is 93.2 Å². The van der Waals surface area contributed by atoms with Crippen molar-refractivity contribution in [2.45, 2.75) is 5.92 Å². The van der Waals surface area contributed by atoms with Crippen LogP contribution in [0.1, 0.15) is 17.6 Å². The summed E-state index contributed by atoms with van der Waals surface area (Å²) in [4.78, 5) is 32.5. The Hall–Kier alpha value is -7.01. The number of nitriles is 1. The van der Waals surface area contributed by atoms with E-state index in [4.69, 9.17) is 22.0 Å². The highest BCUT2D eigenvalue weighted by Gasteiger charge is 2.31. The molecule has 0 aliphatic heterocycles. The highest BCUT2D eigenvalue weighted by Crippen LogP contribution is 2.36. The molecule has 7 aromatic rings. The summed E-state index contributed by atoms with van der Waals surface area (Å²) < 4.78 is 124. The van der Waals surface area contributed by atoms with Crippen LogP contribution in [0.25, 0.3) is 66.4 Å². The number of nitrogens with zero attached hydrogens (tertiary/aromatic N) is 9. The fourth-order valence-electron chi connectivity index (χ4n) is 4.54. The lowest BCUT2D eigenvalue weighted by Crippen LogP contribution is -2.10. The van der Waals surface area contributed by atoms with Gasteiger partial charge in [-0.05, 0) is 12.1 Å². The minimum atomic E-state index is -2.23. The molecule has 0 bridgehead atoms. The van der Waals surface area contributed by atoms with Crippen molar-refractivity contribution < 1.29 is 44.0 Å². The van der Waals surface area contributed by atoms with Crippen LogP contribution in [0.15, 0.2) is 21.0 Å². The maximum absolute atomic E-state index is 14.5. The van der Waals surface area contributed by atoms with Gasteiger partial charge in [-0.2, -0.15) is 19.0 Å². The minimum Gasteiger partial charge on any atom is -0.430 e. The van der Waals surface area contributed by atoms with E-state index in [-0.39, 0.29) is 28.2 Å². The van der Waals surface area contributed by atoms with Gasteiger partial charge >= 0.3 is 0 Å². The molecule has 0 radical (unpaired) electrons. The second kappa shape index (κ2) is 10.5. The van der Waals surface area contributed by atoms with Crippen LogP contribution in [-0.4, -0.2) is 34.9 Å². The van der Waals surface area contributed by atoms with Gasteiger partial charge < -0.3 is 13.8 Å². The fraction of sp³-hybridized carbons (Fsp3) is 0.0357. The number of H-pyrrole nitrogens is 1. The number of aromatic nitrogens is 7. The van der Waals surface area contributed by atoms with Gasteiger partial charge in [0.05, 0.1) is 30.2 Å². The van der Waals surface area contributed by atoms with Crippen LogP contribution in [-0.2, 0) is 0 Å². The number of fused-ring (bicyclic) bond motifs is 3. The molecular weight excluding hydrogens is 660 g/mol. The first-order chi connectivity index (χ1) is 22.9.